The van der Waals surface area contributed by atoms with E-state index in [1.165, 1.54) is 30.5 Å². The van der Waals surface area contributed by atoms with Crippen molar-refractivity contribution >= 4 is 23.2 Å². The minimum Gasteiger partial charge on any atom is -0.460 e. The molecule has 0 bridgehead atoms. The van der Waals surface area contributed by atoms with Crippen molar-refractivity contribution in [2.75, 3.05) is 0 Å². The van der Waals surface area contributed by atoms with Crippen molar-refractivity contribution < 1.29 is 27.5 Å². The first-order valence-electron chi connectivity index (χ1n) is 6.74. The highest BCUT2D eigenvalue weighted by atomic mass is 32.1. The van der Waals surface area contributed by atoms with Gasteiger partial charge in [-0.2, -0.15) is 18.2 Å². The summed E-state index contributed by atoms with van der Waals surface area (Å²) >= 11 is 1.11. The molecule has 5 nitrogen and oxygen atoms in total. The Kier molecular flexibility index (Phi) is 5.23. The third kappa shape index (κ3) is 4.54. The monoisotopic (exact) mass is 358 g/mol. The average Bonchev–Trinajstić information content (AvgIpc) is 2.86. The largest absolute Gasteiger partial charge is 0.460 e. The average molecular weight is 358 g/mol. The van der Waals surface area contributed by atoms with Crippen molar-refractivity contribution in [1.82, 2.24) is 4.57 Å². The molecule has 24 heavy (non-hydrogen) atoms. The van der Waals surface area contributed by atoms with Gasteiger partial charge in [-0.25, -0.2) is 0 Å². The molecule has 0 fully saturated rings. The number of nitrogens with zero attached hydrogens (tertiary/aromatic N) is 2. The number of thiazole rings is 1. The number of halogens is 3. The summed E-state index contributed by atoms with van der Waals surface area (Å²) in [6, 6.07) is 4.46. The van der Waals surface area contributed by atoms with E-state index in [0.717, 1.165) is 23.5 Å². The maximum atomic E-state index is 12.6. The molecule has 1 aromatic heterocycles. The summed E-state index contributed by atoms with van der Waals surface area (Å²) in [6.45, 7) is 2.52. The van der Waals surface area contributed by atoms with Gasteiger partial charge in [0, 0.05) is 25.7 Å². The number of hydrogen-bond acceptors (Lipinski definition) is 4. The van der Waals surface area contributed by atoms with E-state index in [-0.39, 0.29) is 11.4 Å². The first kappa shape index (κ1) is 17.9. The highest BCUT2D eigenvalue weighted by Crippen LogP contribution is 2.29. The Morgan fingerprint density at radius 2 is 1.83 bits per heavy atom. The highest BCUT2D eigenvalue weighted by molar-refractivity contribution is 7.09. The molecule has 0 aliphatic heterocycles. The normalized spacial score (nSPS) is 12.3. The minimum atomic E-state index is -4.43. The molecule has 2 aromatic rings. The van der Waals surface area contributed by atoms with Crippen LogP contribution in [0.15, 0.2) is 35.5 Å². The summed E-state index contributed by atoms with van der Waals surface area (Å²) in [5.74, 6) is -0.911. The lowest BCUT2D eigenvalue weighted by molar-refractivity contribution is -0.142. The topological polar surface area (TPSA) is 60.7 Å². The number of rotatable bonds is 3. The van der Waals surface area contributed by atoms with E-state index < -0.39 is 23.6 Å². The lowest BCUT2D eigenvalue weighted by atomic mass is 10.2. The molecule has 0 saturated carbocycles. The summed E-state index contributed by atoms with van der Waals surface area (Å²) in [5.41, 5.74) is -0.361. The Morgan fingerprint density at radius 3 is 2.33 bits per heavy atom. The number of hydrogen-bond donors (Lipinski definition) is 0. The maximum absolute atomic E-state index is 12.6. The molecule has 1 heterocycles. The lowest BCUT2D eigenvalue weighted by Crippen LogP contribution is -2.14. The second-order valence-corrected chi connectivity index (χ2v) is 5.90. The summed E-state index contributed by atoms with van der Waals surface area (Å²) in [4.78, 5) is 26.8. The number of carbonyl (C=O) groups excluding carboxylic acids is 2. The number of aromatic nitrogens is 1. The number of amides is 1. The van der Waals surface area contributed by atoms with Crippen LogP contribution in [0.5, 0.6) is 0 Å². The van der Waals surface area contributed by atoms with Crippen molar-refractivity contribution in [3.05, 3.63) is 45.7 Å². The highest BCUT2D eigenvalue weighted by Gasteiger charge is 2.30. The second-order valence-electron chi connectivity index (χ2n) is 4.81. The third-order valence-corrected chi connectivity index (χ3v) is 3.80. The number of esters is 1. The smallest absolute Gasteiger partial charge is 0.416 e. The van der Waals surface area contributed by atoms with Crippen LogP contribution in [0, 0.1) is 0 Å². The quantitative estimate of drug-likeness (QED) is 0.793. The van der Waals surface area contributed by atoms with Crippen LogP contribution in [0.4, 0.5) is 13.2 Å². The molecule has 0 aliphatic rings. The standard InChI is InChI=1S/C15H13F3N2O3S/c1-9(21)19-14-20(7-13(24-14)8-23-10(2)22)12-5-3-11(4-6-12)15(16,17)18/h3-7H,8H2,1-2H3/b19-14-. The number of alkyl halides is 3. The molecular weight excluding hydrogens is 345 g/mol. The van der Waals surface area contributed by atoms with Gasteiger partial charge in [-0.15, -0.1) is 0 Å². The van der Waals surface area contributed by atoms with Gasteiger partial charge in [0.15, 0.2) is 4.80 Å². The fourth-order valence-corrected chi connectivity index (χ4v) is 2.78. The maximum Gasteiger partial charge on any atom is 0.416 e. The number of ether oxygens (including phenoxy) is 1. The van der Waals surface area contributed by atoms with Crippen LogP contribution in [0.25, 0.3) is 5.69 Å². The molecule has 0 radical (unpaired) electrons. The van der Waals surface area contributed by atoms with Gasteiger partial charge in [-0.3, -0.25) is 14.2 Å². The van der Waals surface area contributed by atoms with E-state index in [2.05, 4.69) is 4.99 Å². The summed E-state index contributed by atoms with van der Waals surface area (Å²) in [6.07, 6.45) is -2.86. The van der Waals surface area contributed by atoms with Crippen molar-refractivity contribution in [3.8, 4) is 5.69 Å². The minimum absolute atomic E-state index is 0.00589. The Morgan fingerprint density at radius 1 is 1.21 bits per heavy atom. The molecule has 0 unspecified atom stereocenters. The number of benzene rings is 1. The third-order valence-electron chi connectivity index (χ3n) is 2.85. The SMILES string of the molecule is CC(=O)/N=c1\sc(COC(C)=O)cn1-c1ccc(C(F)(F)F)cc1. The van der Waals surface area contributed by atoms with Crippen LogP contribution in [0.1, 0.15) is 24.3 Å². The van der Waals surface area contributed by atoms with Crippen LogP contribution in [-0.2, 0) is 27.1 Å². The molecule has 2 rings (SSSR count). The van der Waals surface area contributed by atoms with Gasteiger partial charge in [0.25, 0.3) is 0 Å². The van der Waals surface area contributed by atoms with E-state index >= 15 is 0 Å². The molecule has 128 valence electrons. The van der Waals surface area contributed by atoms with Crippen LogP contribution in [-0.4, -0.2) is 16.4 Å². The molecule has 0 aliphatic carbocycles. The van der Waals surface area contributed by atoms with E-state index in [4.69, 9.17) is 4.74 Å². The molecular formula is C15H13F3N2O3S. The Hall–Kier alpha value is -2.42. The lowest BCUT2D eigenvalue weighted by Gasteiger charge is -2.08. The zero-order chi connectivity index (χ0) is 17.9. The summed E-state index contributed by atoms with van der Waals surface area (Å²) < 4.78 is 44.3. The Labute approximate surface area is 139 Å². The predicted octanol–water partition coefficient (Wildman–Crippen LogP) is 3.07. The predicted molar refractivity (Wildman–Crippen MR) is 80.4 cm³/mol. The molecule has 9 heteroatoms. The van der Waals surface area contributed by atoms with Crippen LogP contribution in [0.2, 0.25) is 0 Å². The molecule has 0 saturated heterocycles. The molecule has 0 atom stereocenters. The van der Waals surface area contributed by atoms with Crippen LogP contribution in [0.3, 0.4) is 0 Å². The Balaban J connectivity index is 2.44. The van der Waals surface area contributed by atoms with Crippen molar-refractivity contribution in [2.45, 2.75) is 26.6 Å². The van der Waals surface area contributed by atoms with Crippen LogP contribution >= 0.6 is 11.3 Å². The van der Waals surface area contributed by atoms with E-state index in [9.17, 15) is 22.8 Å². The summed E-state index contributed by atoms with van der Waals surface area (Å²) in [5, 5.41) is 0. The first-order chi connectivity index (χ1) is 11.2. The van der Waals surface area contributed by atoms with E-state index in [1.54, 1.807) is 6.20 Å². The van der Waals surface area contributed by atoms with Gasteiger partial charge in [-0.05, 0) is 24.3 Å². The van der Waals surface area contributed by atoms with Gasteiger partial charge in [0.2, 0.25) is 5.91 Å². The van der Waals surface area contributed by atoms with Gasteiger partial charge in [-0.1, -0.05) is 11.3 Å². The summed E-state index contributed by atoms with van der Waals surface area (Å²) in [7, 11) is 0. The molecule has 0 spiro atoms. The van der Waals surface area contributed by atoms with Gasteiger partial charge in [0.1, 0.15) is 6.61 Å². The van der Waals surface area contributed by atoms with Crippen LogP contribution < -0.4 is 4.80 Å². The van der Waals surface area contributed by atoms with E-state index in [1.807, 2.05) is 0 Å². The van der Waals surface area contributed by atoms with Crippen molar-refractivity contribution in [1.29, 1.82) is 0 Å². The fraction of sp³-hybridized carbons (Fsp3) is 0.267. The number of carbonyl (C=O) groups is 2. The molecule has 1 amide bonds. The zero-order valence-corrected chi connectivity index (χ0v) is 13.6. The fourth-order valence-electron chi connectivity index (χ4n) is 1.84. The van der Waals surface area contributed by atoms with E-state index in [0.29, 0.717) is 10.6 Å². The van der Waals surface area contributed by atoms with Gasteiger partial charge >= 0.3 is 12.1 Å². The van der Waals surface area contributed by atoms with Gasteiger partial charge < -0.3 is 4.74 Å². The molecule has 0 N–H and O–H groups in total. The van der Waals surface area contributed by atoms with Crippen molar-refractivity contribution in [3.63, 3.8) is 0 Å². The molecule has 1 aromatic carbocycles. The zero-order valence-electron chi connectivity index (χ0n) is 12.8. The van der Waals surface area contributed by atoms with Crippen molar-refractivity contribution in [2.24, 2.45) is 4.99 Å². The first-order valence-corrected chi connectivity index (χ1v) is 7.56. The Bertz CT molecular complexity index is 820. The second kappa shape index (κ2) is 7.00. The van der Waals surface area contributed by atoms with Gasteiger partial charge in [0.05, 0.1) is 10.4 Å².